The standard InChI is InChI=1S/C10H10ClN5O2/c1-6-7(5-15(2)14-6)12-10-8(16(17)18)3-4-9(11)13-10/h3-5H,1-2H3,(H,12,13). The van der Waals surface area contributed by atoms with Crippen molar-refractivity contribution in [2.45, 2.75) is 6.92 Å². The minimum Gasteiger partial charge on any atom is -0.332 e. The van der Waals surface area contributed by atoms with Crippen molar-refractivity contribution in [2.24, 2.45) is 7.05 Å². The van der Waals surface area contributed by atoms with E-state index >= 15 is 0 Å². The highest BCUT2D eigenvalue weighted by Gasteiger charge is 2.17. The molecule has 0 spiro atoms. The Labute approximate surface area is 108 Å². The Hall–Kier alpha value is -2.15. The molecule has 0 aliphatic rings. The predicted octanol–water partition coefficient (Wildman–Crippen LogP) is 2.43. The van der Waals surface area contributed by atoms with Gasteiger partial charge in [0, 0.05) is 19.3 Å². The maximum absolute atomic E-state index is 10.9. The van der Waals surface area contributed by atoms with Gasteiger partial charge in [-0.1, -0.05) is 11.6 Å². The van der Waals surface area contributed by atoms with Crippen LogP contribution in [-0.4, -0.2) is 19.7 Å². The van der Waals surface area contributed by atoms with Crippen molar-refractivity contribution in [3.63, 3.8) is 0 Å². The zero-order chi connectivity index (χ0) is 13.3. The van der Waals surface area contributed by atoms with E-state index in [1.807, 2.05) is 0 Å². The molecular weight excluding hydrogens is 258 g/mol. The summed E-state index contributed by atoms with van der Waals surface area (Å²) in [5, 5.41) is 18.1. The van der Waals surface area contributed by atoms with Gasteiger partial charge in [0.1, 0.15) is 5.15 Å². The number of nitrogens with one attached hydrogen (secondary N) is 1. The van der Waals surface area contributed by atoms with Gasteiger partial charge in [0.15, 0.2) is 0 Å². The molecule has 0 aromatic carbocycles. The zero-order valence-electron chi connectivity index (χ0n) is 9.72. The van der Waals surface area contributed by atoms with Crippen molar-refractivity contribution >= 4 is 28.8 Å². The number of anilines is 2. The normalized spacial score (nSPS) is 10.4. The van der Waals surface area contributed by atoms with Gasteiger partial charge in [-0.15, -0.1) is 0 Å². The van der Waals surface area contributed by atoms with Crippen LogP contribution >= 0.6 is 11.6 Å². The molecule has 0 aliphatic heterocycles. The van der Waals surface area contributed by atoms with Crippen LogP contribution in [0.25, 0.3) is 0 Å². The molecule has 0 saturated carbocycles. The van der Waals surface area contributed by atoms with Crippen LogP contribution in [0.3, 0.4) is 0 Å². The molecule has 0 unspecified atom stereocenters. The highest BCUT2D eigenvalue weighted by Crippen LogP contribution is 2.27. The molecule has 0 radical (unpaired) electrons. The third-order valence-corrected chi connectivity index (χ3v) is 2.51. The summed E-state index contributed by atoms with van der Waals surface area (Å²) < 4.78 is 1.61. The molecule has 0 atom stereocenters. The molecule has 1 N–H and O–H groups in total. The van der Waals surface area contributed by atoms with E-state index < -0.39 is 4.92 Å². The number of aromatic nitrogens is 3. The Morgan fingerprint density at radius 1 is 1.50 bits per heavy atom. The fourth-order valence-electron chi connectivity index (χ4n) is 1.52. The molecule has 0 saturated heterocycles. The van der Waals surface area contributed by atoms with Crippen LogP contribution in [0, 0.1) is 17.0 Å². The van der Waals surface area contributed by atoms with Crippen LogP contribution in [0.1, 0.15) is 5.69 Å². The summed E-state index contributed by atoms with van der Waals surface area (Å²) in [4.78, 5) is 14.3. The largest absolute Gasteiger partial charge is 0.332 e. The first kappa shape index (κ1) is 12.3. The van der Waals surface area contributed by atoms with E-state index in [4.69, 9.17) is 11.6 Å². The van der Waals surface area contributed by atoms with Crippen molar-refractivity contribution in [1.29, 1.82) is 0 Å². The molecule has 94 valence electrons. The summed E-state index contributed by atoms with van der Waals surface area (Å²) in [6.45, 7) is 1.79. The maximum Gasteiger partial charge on any atom is 0.311 e. The van der Waals surface area contributed by atoms with Crippen LogP contribution in [0.4, 0.5) is 17.2 Å². The fraction of sp³-hybridized carbons (Fsp3) is 0.200. The van der Waals surface area contributed by atoms with Crippen molar-refractivity contribution in [2.75, 3.05) is 5.32 Å². The lowest BCUT2D eigenvalue weighted by Crippen LogP contribution is -2.00. The van der Waals surface area contributed by atoms with Crippen molar-refractivity contribution < 1.29 is 4.92 Å². The predicted molar refractivity (Wildman–Crippen MR) is 67.1 cm³/mol. The second kappa shape index (κ2) is 4.61. The first-order valence-electron chi connectivity index (χ1n) is 5.05. The van der Waals surface area contributed by atoms with Gasteiger partial charge in [-0.3, -0.25) is 14.8 Å². The smallest absolute Gasteiger partial charge is 0.311 e. The van der Waals surface area contributed by atoms with Crippen molar-refractivity contribution in [3.05, 3.63) is 39.3 Å². The summed E-state index contributed by atoms with van der Waals surface area (Å²) in [5.41, 5.74) is 1.23. The first-order valence-corrected chi connectivity index (χ1v) is 5.43. The highest BCUT2D eigenvalue weighted by molar-refractivity contribution is 6.29. The third-order valence-electron chi connectivity index (χ3n) is 2.30. The fourth-order valence-corrected chi connectivity index (χ4v) is 1.66. The summed E-state index contributed by atoms with van der Waals surface area (Å²) >= 11 is 5.74. The Morgan fingerprint density at radius 2 is 2.22 bits per heavy atom. The first-order chi connectivity index (χ1) is 8.47. The van der Waals surface area contributed by atoms with E-state index in [2.05, 4.69) is 15.4 Å². The van der Waals surface area contributed by atoms with Crippen LogP contribution in [0.15, 0.2) is 18.3 Å². The molecular formula is C10H10ClN5O2. The number of hydrogen-bond acceptors (Lipinski definition) is 5. The SMILES string of the molecule is Cc1nn(C)cc1Nc1nc(Cl)ccc1[N+](=O)[O-]. The third kappa shape index (κ3) is 2.40. The number of nitrogens with zero attached hydrogens (tertiary/aromatic N) is 4. The number of aryl methyl sites for hydroxylation is 2. The van der Waals surface area contributed by atoms with E-state index in [0.717, 1.165) is 0 Å². The molecule has 2 aromatic heterocycles. The molecule has 0 amide bonds. The Kier molecular flexibility index (Phi) is 3.15. The zero-order valence-corrected chi connectivity index (χ0v) is 10.5. The summed E-state index contributed by atoms with van der Waals surface area (Å²) in [7, 11) is 1.76. The van der Waals surface area contributed by atoms with Crippen LogP contribution < -0.4 is 5.32 Å². The number of pyridine rings is 1. The highest BCUT2D eigenvalue weighted by atomic mass is 35.5. The topological polar surface area (TPSA) is 85.9 Å². The van der Waals surface area contributed by atoms with E-state index in [0.29, 0.717) is 11.4 Å². The molecule has 0 bridgehead atoms. The quantitative estimate of drug-likeness (QED) is 0.524. The molecule has 18 heavy (non-hydrogen) atoms. The summed E-state index contributed by atoms with van der Waals surface area (Å²) in [6.07, 6.45) is 1.71. The Balaban J connectivity index is 2.42. The second-order valence-corrected chi connectivity index (χ2v) is 4.07. The number of nitro groups is 1. The lowest BCUT2D eigenvalue weighted by atomic mass is 10.3. The lowest BCUT2D eigenvalue weighted by Gasteiger charge is -2.04. The van der Waals surface area contributed by atoms with E-state index in [-0.39, 0.29) is 16.7 Å². The number of rotatable bonds is 3. The van der Waals surface area contributed by atoms with Gasteiger partial charge < -0.3 is 5.32 Å². The van der Waals surface area contributed by atoms with E-state index in [1.165, 1.54) is 12.1 Å². The van der Waals surface area contributed by atoms with Crippen molar-refractivity contribution in [1.82, 2.24) is 14.8 Å². The summed E-state index contributed by atoms with van der Waals surface area (Å²) in [5.74, 6) is 0.101. The molecule has 7 nitrogen and oxygen atoms in total. The molecule has 8 heteroatoms. The maximum atomic E-state index is 10.9. The number of hydrogen-bond donors (Lipinski definition) is 1. The van der Waals surface area contributed by atoms with Crippen molar-refractivity contribution in [3.8, 4) is 0 Å². The van der Waals surface area contributed by atoms with E-state index in [9.17, 15) is 10.1 Å². The second-order valence-electron chi connectivity index (χ2n) is 3.69. The van der Waals surface area contributed by atoms with Gasteiger partial charge in [0.05, 0.1) is 16.3 Å². The van der Waals surface area contributed by atoms with Crippen LogP contribution in [0.5, 0.6) is 0 Å². The molecule has 2 aromatic rings. The Morgan fingerprint density at radius 3 is 2.78 bits per heavy atom. The number of halogens is 1. The van der Waals surface area contributed by atoms with Gasteiger partial charge in [0.25, 0.3) is 0 Å². The minimum atomic E-state index is -0.517. The molecule has 0 fully saturated rings. The minimum absolute atomic E-state index is 0.101. The van der Waals surface area contributed by atoms with Gasteiger partial charge >= 0.3 is 5.69 Å². The van der Waals surface area contributed by atoms with E-state index in [1.54, 1.807) is 24.9 Å². The lowest BCUT2D eigenvalue weighted by molar-refractivity contribution is -0.384. The van der Waals surface area contributed by atoms with Crippen LogP contribution in [-0.2, 0) is 7.05 Å². The molecule has 2 heterocycles. The Bertz CT molecular complexity index is 610. The van der Waals surface area contributed by atoms with Gasteiger partial charge in [-0.2, -0.15) is 5.10 Å². The average Bonchev–Trinajstić information content (AvgIpc) is 2.57. The van der Waals surface area contributed by atoms with Gasteiger partial charge in [-0.05, 0) is 13.0 Å². The average molecular weight is 268 g/mol. The van der Waals surface area contributed by atoms with Gasteiger partial charge in [0.2, 0.25) is 5.82 Å². The van der Waals surface area contributed by atoms with Gasteiger partial charge in [-0.25, -0.2) is 4.98 Å². The van der Waals surface area contributed by atoms with Crippen LogP contribution in [0.2, 0.25) is 5.15 Å². The molecule has 0 aliphatic carbocycles. The molecule has 2 rings (SSSR count). The monoisotopic (exact) mass is 267 g/mol. The summed E-state index contributed by atoms with van der Waals surface area (Å²) in [6, 6.07) is 2.68.